The van der Waals surface area contributed by atoms with Gasteiger partial charge in [-0.1, -0.05) is 0 Å². The molecule has 90 valence electrons. The molecule has 0 radical (unpaired) electrons. The molecule has 1 heterocycles. The van der Waals surface area contributed by atoms with E-state index >= 15 is 0 Å². The summed E-state index contributed by atoms with van der Waals surface area (Å²) in [6.45, 7) is 8.22. The first-order valence-electron chi connectivity index (χ1n) is 5.49. The van der Waals surface area contributed by atoms with Crippen LogP contribution in [0.25, 0.3) is 0 Å². The predicted molar refractivity (Wildman–Crippen MR) is 63.8 cm³/mol. The van der Waals surface area contributed by atoms with Gasteiger partial charge in [0.25, 0.3) is 5.91 Å². The lowest BCUT2D eigenvalue weighted by molar-refractivity contribution is 0.0948. The lowest BCUT2D eigenvalue weighted by atomic mass is 10.1. The van der Waals surface area contributed by atoms with Gasteiger partial charge in [-0.25, -0.2) is 0 Å². The summed E-state index contributed by atoms with van der Waals surface area (Å²) in [5.41, 5.74) is 1.59. The van der Waals surface area contributed by atoms with Gasteiger partial charge in [0.1, 0.15) is 11.5 Å². The van der Waals surface area contributed by atoms with Crippen LogP contribution in [0.5, 0.6) is 0 Å². The molecule has 0 aliphatic heterocycles. The second-order valence-corrected chi connectivity index (χ2v) is 4.11. The van der Waals surface area contributed by atoms with Gasteiger partial charge in [-0.3, -0.25) is 4.79 Å². The maximum Gasteiger partial charge on any atom is 0.255 e. The Bertz CT molecular complexity index is 383. The fourth-order valence-corrected chi connectivity index (χ4v) is 1.56. The summed E-state index contributed by atoms with van der Waals surface area (Å²) < 4.78 is 5.42. The van der Waals surface area contributed by atoms with Crippen molar-refractivity contribution >= 4 is 5.91 Å². The molecule has 1 aromatic heterocycles. The maximum atomic E-state index is 11.9. The average Bonchev–Trinajstić information content (AvgIpc) is 2.49. The molecule has 0 saturated heterocycles. The van der Waals surface area contributed by atoms with Gasteiger partial charge in [-0.2, -0.15) is 0 Å². The third-order valence-electron chi connectivity index (χ3n) is 2.85. The third-order valence-corrected chi connectivity index (χ3v) is 2.85. The van der Waals surface area contributed by atoms with E-state index in [1.807, 2.05) is 34.7 Å². The lowest BCUT2D eigenvalue weighted by Gasteiger charge is -2.11. The topological polar surface area (TPSA) is 54.3 Å². The van der Waals surface area contributed by atoms with Gasteiger partial charge in [0.05, 0.1) is 5.56 Å². The number of carbonyl (C=O) groups excluding carboxylic acids is 1. The highest BCUT2D eigenvalue weighted by Crippen LogP contribution is 2.20. The van der Waals surface area contributed by atoms with Crippen LogP contribution in [0.1, 0.15) is 34.4 Å². The number of amides is 1. The normalized spacial score (nSPS) is 12.6. The summed E-state index contributed by atoms with van der Waals surface area (Å²) in [5, 5.41) is 5.95. The minimum atomic E-state index is -0.0612. The zero-order chi connectivity index (χ0) is 12.3. The van der Waals surface area contributed by atoms with Crippen LogP contribution in [0.4, 0.5) is 0 Å². The molecule has 0 fully saturated rings. The van der Waals surface area contributed by atoms with E-state index in [4.69, 9.17) is 4.42 Å². The first kappa shape index (κ1) is 12.8. The molecular formula is C12H20N2O2. The van der Waals surface area contributed by atoms with E-state index in [1.165, 1.54) is 0 Å². The van der Waals surface area contributed by atoms with E-state index in [-0.39, 0.29) is 11.9 Å². The van der Waals surface area contributed by atoms with E-state index in [2.05, 4.69) is 10.6 Å². The van der Waals surface area contributed by atoms with Crippen molar-refractivity contribution in [1.82, 2.24) is 10.6 Å². The zero-order valence-electron chi connectivity index (χ0n) is 10.6. The van der Waals surface area contributed by atoms with E-state index in [0.717, 1.165) is 11.3 Å². The summed E-state index contributed by atoms with van der Waals surface area (Å²) >= 11 is 0. The highest BCUT2D eigenvalue weighted by Gasteiger charge is 2.18. The minimum absolute atomic E-state index is 0.0612. The number of carbonyl (C=O) groups is 1. The van der Waals surface area contributed by atoms with Crippen LogP contribution in [-0.4, -0.2) is 25.5 Å². The Kier molecular flexibility index (Phi) is 4.12. The van der Waals surface area contributed by atoms with Gasteiger partial charge in [-0.15, -0.1) is 0 Å². The van der Waals surface area contributed by atoms with Gasteiger partial charge < -0.3 is 15.1 Å². The van der Waals surface area contributed by atoms with Crippen molar-refractivity contribution in [3.05, 3.63) is 22.6 Å². The molecule has 0 aliphatic carbocycles. The van der Waals surface area contributed by atoms with Crippen LogP contribution >= 0.6 is 0 Å². The Morgan fingerprint density at radius 1 is 1.31 bits per heavy atom. The highest BCUT2D eigenvalue weighted by molar-refractivity contribution is 5.96. The molecule has 0 aromatic carbocycles. The molecule has 1 aromatic rings. The molecule has 1 unspecified atom stereocenters. The third kappa shape index (κ3) is 2.64. The van der Waals surface area contributed by atoms with E-state index < -0.39 is 0 Å². The van der Waals surface area contributed by atoms with Crippen molar-refractivity contribution in [3.8, 4) is 0 Å². The van der Waals surface area contributed by atoms with Crippen LogP contribution in [-0.2, 0) is 0 Å². The Balaban J connectivity index is 2.73. The summed E-state index contributed by atoms with van der Waals surface area (Å²) in [6, 6.07) is 0.262. The summed E-state index contributed by atoms with van der Waals surface area (Å²) in [5.74, 6) is 1.43. The number of hydrogen-bond donors (Lipinski definition) is 2. The van der Waals surface area contributed by atoms with Gasteiger partial charge in [0, 0.05) is 18.2 Å². The summed E-state index contributed by atoms with van der Waals surface area (Å²) in [7, 11) is 1.87. The fraction of sp³-hybridized carbons (Fsp3) is 0.583. The highest BCUT2D eigenvalue weighted by atomic mass is 16.3. The van der Waals surface area contributed by atoms with Crippen molar-refractivity contribution in [3.63, 3.8) is 0 Å². The molecule has 1 amide bonds. The molecule has 0 spiro atoms. The van der Waals surface area contributed by atoms with Crippen LogP contribution in [0.2, 0.25) is 0 Å². The number of nitrogens with one attached hydrogen (secondary N) is 2. The standard InChI is InChI=1S/C12H20N2O2/c1-7(13-5)6-14-12(15)11-8(2)9(3)16-10(11)4/h7,13H,6H2,1-5H3,(H,14,15). The number of hydrogen-bond acceptors (Lipinski definition) is 3. The number of furan rings is 1. The molecule has 4 nitrogen and oxygen atoms in total. The van der Waals surface area contributed by atoms with Crippen molar-refractivity contribution < 1.29 is 9.21 Å². The number of likely N-dealkylation sites (N-methyl/N-ethyl adjacent to an activating group) is 1. The van der Waals surface area contributed by atoms with Crippen molar-refractivity contribution in [1.29, 1.82) is 0 Å². The van der Waals surface area contributed by atoms with Crippen LogP contribution in [0, 0.1) is 20.8 Å². The molecule has 2 N–H and O–H groups in total. The van der Waals surface area contributed by atoms with E-state index in [0.29, 0.717) is 17.9 Å². The molecule has 4 heteroatoms. The molecule has 1 atom stereocenters. The molecule has 0 bridgehead atoms. The number of rotatable bonds is 4. The fourth-order valence-electron chi connectivity index (χ4n) is 1.56. The predicted octanol–water partition coefficient (Wildman–Crippen LogP) is 1.54. The Morgan fingerprint density at radius 2 is 1.94 bits per heavy atom. The van der Waals surface area contributed by atoms with Crippen molar-refractivity contribution in [2.75, 3.05) is 13.6 Å². The van der Waals surface area contributed by atoms with Crippen molar-refractivity contribution in [2.24, 2.45) is 0 Å². The van der Waals surface area contributed by atoms with Crippen LogP contribution < -0.4 is 10.6 Å². The molecule has 1 rings (SSSR count). The largest absolute Gasteiger partial charge is 0.466 e. The molecule has 0 aliphatic rings. The van der Waals surface area contributed by atoms with Gasteiger partial charge in [0.2, 0.25) is 0 Å². The lowest BCUT2D eigenvalue weighted by Crippen LogP contribution is -2.37. The summed E-state index contributed by atoms with van der Waals surface area (Å²) in [6.07, 6.45) is 0. The first-order valence-corrected chi connectivity index (χ1v) is 5.49. The van der Waals surface area contributed by atoms with Gasteiger partial charge in [-0.05, 0) is 34.7 Å². The molecular weight excluding hydrogens is 204 g/mol. The van der Waals surface area contributed by atoms with E-state index in [9.17, 15) is 4.79 Å². The molecule has 0 saturated carbocycles. The van der Waals surface area contributed by atoms with Crippen LogP contribution in [0.3, 0.4) is 0 Å². The first-order chi connectivity index (χ1) is 7.47. The quantitative estimate of drug-likeness (QED) is 0.815. The minimum Gasteiger partial charge on any atom is -0.466 e. The number of aryl methyl sites for hydroxylation is 2. The Morgan fingerprint density at radius 3 is 2.38 bits per heavy atom. The Labute approximate surface area is 96.4 Å². The molecule has 16 heavy (non-hydrogen) atoms. The van der Waals surface area contributed by atoms with E-state index in [1.54, 1.807) is 0 Å². The average molecular weight is 224 g/mol. The monoisotopic (exact) mass is 224 g/mol. The second-order valence-electron chi connectivity index (χ2n) is 4.11. The summed E-state index contributed by atoms with van der Waals surface area (Å²) in [4.78, 5) is 11.9. The van der Waals surface area contributed by atoms with Gasteiger partial charge >= 0.3 is 0 Å². The van der Waals surface area contributed by atoms with Crippen molar-refractivity contribution in [2.45, 2.75) is 33.7 Å². The smallest absolute Gasteiger partial charge is 0.255 e. The zero-order valence-corrected chi connectivity index (χ0v) is 10.6. The van der Waals surface area contributed by atoms with Crippen LogP contribution in [0.15, 0.2) is 4.42 Å². The van der Waals surface area contributed by atoms with Gasteiger partial charge in [0.15, 0.2) is 0 Å². The Hall–Kier alpha value is -1.29. The maximum absolute atomic E-state index is 11.9. The second kappa shape index (κ2) is 5.16. The SMILES string of the molecule is CNC(C)CNC(=O)c1c(C)oc(C)c1C.